The smallest absolute Gasteiger partial charge is 0.243 e. The Balaban J connectivity index is 2.28. The van der Waals surface area contributed by atoms with Crippen LogP contribution in [0.25, 0.3) is 0 Å². The zero-order chi connectivity index (χ0) is 13.1. The molecule has 2 aromatic rings. The monoisotopic (exact) mass is 263 g/mol. The van der Waals surface area contributed by atoms with Crippen molar-refractivity contribution in [3.8, 4) is 11.6 Å². The van der Waals surface area contributed by atoms with Crippen LogP contribution in [0, 0.1) is 0 Å². The first-order valence-corrected chi connectivity index (χ1v) is 5.99. The summed E-state index contributed by atoms with van der Waals surface area (Å²) in [7, 11) is 0. The summed E-state index contributed by atoms with van der Waals surface area (Å²) in [6.45, 7) is 4.24. The normalized spacial score (nSPS) is 10.7. The molecule has 94 valence electrons. The molecule has 0 amide bonds. The highest BCUT2D eigenvalue weighted by atomic mass is 35.5. The molecule has 1 aromatic carbocycles. The molecule has 0 radical (unpaired) electrons. The highest BCUT2D eigenvalue weighted by Crippen LogP contribution is 2.30. The lowest BCUT2D eigenvalue weighted by atomic mass is 10.0. The molecule has 0 saturated carbocycles. The highest BCUT2D eigenvalue weighted by Gasteiger charge is 2.09. The van der Waals surface area contributed by atoms with E-state index in [4.69, 9.17) is 22.1 Å². The van der Waals surface area contributed by atoms with E-state index in [9.17, 15) is 0 Å². The van der Waals surface area contributed by atoms with E-state index in [1.54, 1.807) is 0 Å². The fraction of sp³-hybridized carbons (Fsp3) is 0.231. The molecule has 0 aliphatic rings. The van der Waals surface area contributed by atoms with Crippen LogP contribution in [0.15, 0.2) is 30.6 Å². The van der Waals surface area contributed by atoms with Crippen LogP contribution in [-0.4, -0.2) is 9.97 Å². The maximum Gasteiger partial charge on any atom is 0.243 e. The van der Waals surface area contributed by atoms with Crippen molar-refractivity contribution in [3.63, 3.8) is 0 Å². The lowest BCUT2D eigenvalue weighted by Crippen LogP contribution is -1.97. The Morgan fingerprint density at radius 2 is 2.06 bits per heavy atom. The highest BCUT2D eigenvalue weighted by molar-refractivity contribution is 6.34. The average Bonchev–Trinajstić information content (AvgIpc) is 2.35. The van der Waals surface area contributed by atoms with Gasteiger partial charge in [-0.3, -0.25) is 0 Å². The van der Waals surface area contributed by atoms with Gasteiger partial charge in [0.2, 0.25) is 5.88 Å². The lowest BCUT2D eigenvalue weighted by Gasteiger charge is -2.10. The summed E-state index contributed by atoms with van der Waals surface area (Å²) in [5, 5.41) is 0.229. The maximum absolute atomic E-state index is 5.97. The van der Waals surface area contributed by atoms with Gasteiger partial charge in [0.15, 0.2) is 0 Å². The third-order valence-electron chi connectivity index (χ3n) is 2.52. The second-order valence-corrected chi connectivity index (χ2v) is 4.59. The van der Waals surface area contributed by atoms with Crippen LogP contribution in [0.5, 0.6) is 11.6 Å². The summed E-state index contributed by atoms with van der Waals surface area (Å²) >= 11 is 5.97. The van der Waals surface area contributed by atoms with Gasteiger partial charge in [-0.15, -0.1) is 0 Å². The van der Waals surface area contributed by atoms with Crippen molar-refractivity contribution in [1.29, 1.82) is 0 Å². The molecule has 0 atom stereocenters. The first-order chi connectivity index (χ1) is 8.58. The summed E-state index contributed by atoms with van der Waals surface area (Å²) in [6, 6.07) is 7.79. The van der Waals surface area contributed by atoms with Crippen LogP contribution in [0.1, 0.15) is 25.3 Å². The van der Waals surface area contributed by atoms with Gasteiger partial charge in [-0.05, 0) is 23.6 Å². The summed E-state index contributed by atoms with van der Waals surface area (Å²) < 4.78 is 5.62. The van der Waals surface area contributed by atoms with Crippen molar-refractivity contribution in [3.05, 3.63) is 41.2 Å². The summed E-state index contributed by atoms with van der Waals surface area (Å²) in [5.41, 5.74) is 6.78. The van der Waals surface area contributed by atoms with E-state index in [0.29, 0.717) is 11.7 Å². The molecule has 4 nitrogen and oxygen atoms in total. The fourth-order valence-electron chi connectivity index (χ4n) is 1.49. The van der Waals surface area contributed by atoms with Crippen LogP contribution in [0.2, 0.25) is 5.02 Å². The molecule has 0 unspecified atom stereocenters. The number of aromatic nitrogens is 2. The number of nitrogen functional groups attached to an aromatic ring is 1. The number of benzene rings is 1. The third kappa shape index (κ3) is 2.71. The molecule has 1 heterocycles. The van der Waals surface area contributed by atoms with Crippen molar-refractivity contribution in [2.24, 2.45) is 0 Å². The number of anilines is 1. The van der Waals surface area contributed by atoms with E-state index in [1.807, 2.05) is 24.3 Å². The van der Waals surface area contributed by atoms with Crippen molar-refractivity contribution in [2.75, 3.05) is 5.73 Å². The molecular formula is C13H14ClN3O. The van der Waals surface area contributed by atoms with E-state index in [0.717, 1.165) is 0 Å². The minimum absolute atomic E-state index is 0.210. The predicted octanol–water partition coefficient (Wildman–Crippen LogP) is 3.63. The Labute approximate surface area is 111 Å². The Bertz CT molecular complexity index is 558. The summed E-state index contributed by atoms with van der Waals surface area (Å²) in [6.07, 6.45) is 1.32. The number of ether oxygens (including phenoxy) is 1. The predicted molar refractivity (Wildman–Crippen MR) is 72.1 cm³/mol. The van der Waals surface area contributed by atoms with Crippen molar-refractivity contribution >= 4 is 17.4 Å². The number of hydrogen-bond acceptors (Lipinski definition) is 4. The number of hydrogen-bond donors (Lipinski definition) is 1. The molecule has 1 aromatic heterocycles. The van der Waals surface area contributed by atoms with Crippen molar-refractivity contribution in [1.82, 2.24) is 9.97 Å². The quantitative estimate of drug-likeness (QED) is 0.919. The molecule has 2 N–H and O–H groups in total. The van der Waals surface area contributed by atoms with Crippen LogP contribution >= 0.6 is 11.6 Å². The Morgan fingerprint density at radius 3 is 2.78 bits per heavy atom. The molecule has 0 fully saturated rings. The van der Waals surface area contributed by atoms with Gasteiger partial charge < -0.3 is 10.5 Å². The van der Waals surface area contributed by atoms with Gasteiger partial charge >= 0.3 is 0 Å². The second-order valence-electron chi connectivity index (χ2n) is 4.21. The molecule has 2 rings (SSSR count). The van der Waals surface area contributed by atoms with E-state index < -0.39 is 0 Å². The van der Waals surface area contributed by atoms with Crippen LogP contribution in [0.4, 0.5) is 5.82 Å². The van der Waals surface area contributed by atoms with Gasteiger partial charge in [0.1, 0.15) is 22.9 Å². The Hall–Kier alpha value is -1.81. The van der Waals surface area contributed by atoms with Gasteiger partial charge in [0, 0.05) is 0 Å². The van der Waals surface area contributed by atoms with Crippen molar-refractivity contribution in [2.45, 2.75) is 19.8 Å². The van der Waals surface area contributed by atoms with Gasteiger partial charge in [0.05, 0.1) is 0 Å². The first kappa shape index (κ1) is 12.6. The first-order valence-electron chi connectivity index (χ1n) is 5.61. The van der Waals surface area contributed by atoms with E-state index in [1.165, 1.54) is 11.9 Å². The number of nitrogens with zero attached hydrogens (tertiary/aromatic N) is 2. The molecular weight excluding hydrogens is 250 g/mol. The molecule has 0 bridgehead atoms. The number of rotatable bonds is 3. The van der Waals surface area contributed by atoms with Crippen molar-refractivity contribution < 1.29 is 4.74 Å². The SMILES string of the molecule is CC(C)c1cccc(Oc2ncnc(N)c2Cl)c1. The standard InChI is InChI=1S/C13H14ClN3O/c1-8(2)9-4-3-5-10(6-9)18-13-11(14)12(15)16-7-17-13/h3-8H,1-2H3,(H2,15,16,17). The Morgan fingerprint density at radius 1 is 1.28 bits per heavy atom. The van der Waals surface area contributed by atoms with E-state index in [2.05, 4.69) is 23.8 Å². The molecule has 5 heteroatoms. The molecule has 0 aliphatic heterocycles. The minimum atomic E-state index is 0.210. The molecule has 0 spiro atoms. The average molecular weight is 264 g/mol. The van der Waals surface area contributed by atoms with E-state index in [-0.39, 0.29) is 16.7 Å². The van der Waals surface area contributed by atoms with Gasteiger partial charge in [-0.1, -0.05) is 37.6 Å². The molecule has 0 aliphatic carbocycles. The number of halogens is 1. The number of nitrogens with two attached hydrogens (primary N) is 1. The van der Waals surface area contributed by atoms with Crippen LogP contribution in [0.3, 0.4) is 0 Å². The van der Waals surface area contributed by atoms with Gasteiger partial charge in [0.25, 0.3) is 0 Å². The molecule has 18 heavy (non-hydrogen) atoms. The second kappa shape index (κ2) is 5.23. The topological polar surface area (TPSA) is 61.0 Å². The zero-order valence-electron chi connectivity index (χ0n) is 10.2. The maximum atomic E-state index is 5.97. The Kier molecular flexibility index (Phi) is 3.67. The van der Waals surface area contributed by atoms with E-state index >= 15 is 0 Å². The van der Waals surface area contributed by atoms with Crippen LogP contribution in [-0.2, 0) is 0 Å². The van der Waals surface area contributed by atoms with Gasteiger partial charge in [-0.25, -0.2) is 4.98 Å². The summed E-state index contributed by atoms with van der Waals surface area (Å²) in [4.78, 5) is 7.75. The third-order valence-corrected chi connectivity index (χ3v) is 2.88. The van der Waals surface area contributed by atoms with Gasteiger partial charge in [-0.2, -0.15) is 4.98 Å². The van der Waals surface area contributed by atoms with Crippen LogP contribution < -0.4 is 10.5 Å². The molecule has 0 saturated heterocycles. The zero-order valence-corrected chi connectivity index (χ0v) is 11.0. The largest absolute Gasteiger partial charge is 0.437 e. The lowest BCUT2D eigenvalue weighted by molar-refractivity contribution is 0.461. The summed E-state index contributed by atoms with van der Waals surface area (Å²) in [5.74, 6) is 1.59. The fourth-order valence-corrected chi connectivity index (χ4v) is 1.62. The minimum Gasteiger partial charge on any atom is -0.437 e.